The molecule has 6 heteroatoms. The lowest BCUT2D eigenvalue weighted by atomic mass is 9.82. The maximum atomic E-state index is 12.4. The van der Waals surface area contributed by atoms with E-state index in [4.69, 9.17) is 9.47 Å². The second-order valence-electron chi connectivity index (χ2n) is 6.69. The zero-order valence-electron chi connectivity index (χ0n) is 13.5. The van der Waals surface area contributed by atoms with Gasteiger partial charge < -0.3 is 19.5 Å². The molecule has 22 heavy (non-hydrogen) atoms. The van der Waals surface area contributed by atoms with Crippen molar-refractivity contribution in [3.8, 4) is 0 Å². The number of likely N-dealkylation sites (tertiary alicyclic amines) is 1. The Morgan fingerprint density at radius 2 is 2.18 bits per heavy atom. The average molecular weight is 313 g/mol. The van der Waals surface area contributed by atoms with Gasteiger partial charge in [-0.05, 0) is 46.0 Å². The monoisotopic (exact) mass is 313 g/mol. The number of carboxylic acid groups (broad SMARTS) is 1. The molecule has 2 heterocycles. The van der Waals surface area contributed by atoms with E-state index >= 15 is 0 Å². The summed E-state index contributed by atoms with van der Waals surface area (Å²) in [7, 11) is 0. The minimum atomic E-state index is -0.847. The molecular formula is C16H27NO5. The van der Waals surface area contributed by atoms with Gasteiger partial charge in [0, 0.05) is 19.7 Å². The lowest BCUT2D eigenvalue weighted by Crippen LogP contribution is -2.51. The summed E-state index contributed by atoms with van der Waals surface area (Å²) >= 11 is 0. The Kier molecular flexibility index (Phi) is 5.81. The van der Waals surface area contributed by atoms with E-state index in [9.17, 15) is 14.7 Å². The van der Waals surface area contributed by atoms with Gasteiger partial charge in [-0.3, -0.25) is 9.59 Å². The summed E-state index contributed by atoms with van der Waals surface area (Å²) in [5.41, 5.74) is -0.847. The summed E-state index contributed by atoms with van der Waals surface area (Å²) in [5, 5.41) is 9.32. The highest BCUT2D eigenvalue weighted by molar-refractivity contribution is 5.82. The molecule has 2 fully saturated rings. The van der Waals surface area contributed by atoms with Crippen molar-refractivity contribution in [2.75, 3.05) is 26.3 Å². The van der Waals surface area contributed by atoms with E-state index in [-0.39, 0.29) is 18.6 Å². The van der Waals surface area contributed by atoms with Gasteiger partial charge in [0.2, 0.25) is 0 Å². The largest absolute Gasteiger partial charge is 0.481 e. The van der Waals surface area contributed by atoms with Crippen LogP contribution in [0.1, 0.15) is 46.0 Å². The van der Waals surface area contributed by atoms with Crippen LogP contribution in [-0.2, 0) is 19.1 Å². The lowest BCUT2D eigenvalue weighted by Gasteiger charge is -2.38. The van der Waals surface area contributed by atoms with E-state index in [0.29, 0.717) is 26.0 Å². The maximum Gasteiger partial charge on any atom is 0.311 e. The van der Waals surface area contributed by atoms with Gasteiger partial charge in [0.1, 0.15) is 6.10 Å². The molecule has 2 aliphatic heterocycles. The third-order valence-electron chi connectivity index (χ3n) is 4.68. The van der Waals surface area contributed by atoms with E-state index in [1.54, 1.807) is 18.7 Å². The van der Waals surface area contributed by atoms with E-state index in [1.807, 2.05) is 0 Å². The highest BCUT2D eigenvalue weighted by Crippen LogP contribution is 2.30. The molecule has 1 amide bonds. The predicted molar refractivity (Wildman–Crippen MR) is 80.6 cm³/mol. The SMILES string of the molecule is CC(OCC1CCCCO1)C(=O)N1CCCC(C)(C(=O)O)C1. The fourth-order valence-corrected chi connectivity index (χ4v) is 3.12. The quantitative estimate of drug-likeness (QED) is 0.835. The molecule has 3 unspecified atom stereocenters. The Hall–Kier alpha value is -1.14. The molecule has 3 atom stereocenters. The number of hydrogen-bond donors (Lipinski definition) is 1. The third-order valence-corrected chi connectivity index (χ3v) is 4.68. The summed E-state index contributed by atoms with van der Waals surface area (Å²) in [5.74, 6) is -0.961. The zero-order valence-corrected chi connectivity index (χ0v) is 13.5. The Bertz CT molecular complexity index is 407. The van der Waals surface area contributed by atoms with Crippen LogP contribution in [0, 0.1) is 5.41 Å². The molecule has 0 aromatic carbocycles. The molecule has 0 aromatic rings. The van der Waals surface area contributed by atoms with Crippen molar-refractivity contribution >= 4 is 11.9 Å². The third kappa shape index (κ3) is 4.20. The number of carbonyl (C=O) groups is 2. The van der Waals surface area contributed by atoms with Crippen LogP contribution in [0.15, 0.2) is 0 Å². The first-order valence-electron chi connectivity index (χ1n) is 8.18. The Morgan fingerprint density at radius 3 is 2.82 bits per heavy atom. The number of ether oxygens (including phenoxy) is 2. The summed E-state index contributed by atoms with van der Waals surface area (Å²) in [6.45, 7) is 5.49. The van der Waals surface area contributed by atoms with Gasteiger partial charge in [-0.1, -0.05) is 0 Å². The Balaban J connectivity index is 1.83. The van der Waals surface area contributed by atoms with Crippen LogP contribution in [0.5, 0.6) is 0 Å². The Labute approximate surface area is 131 Å². The lowest BCUT2D eigenvalue weighted by molar-refractivity contribution is -0.157. The van der Waals surface area contributed by atoms with Crippen LogP contribution in [0.4, 0.5) is 0 Å². The van der Waals surface area contributed by atoms with Crippen molar-refractivity contribution in [1.82, 2.24) is 4.90 Å². The van der Waals surface area contributed by atoms with Gasteiger partial charge in [-0.25, -0.2) is 0 Å². The molecule has 2 aliphatic rings. The molecule has 0 saturated carbocycles. The van der Waals surface area contributed by atoms with Gasteiger partial charge in [-0.2, -0.15) is 0 Å². The van der Waals surface area contributed by atoms with E-state index in [1.165, 1.54) is 0 Å². The number of hydrogen-bond acceptors (Lipinski definition) is 4. The molecule has 0 spiro atoms. The fraction of sp³-hybridized carbons (Fsp3) is 0.875. The number of carbonyl (C=O) groups excluding carboxylic acids is 1. The fourth-order valence-electron chi connectivity index (χ4n) is 3.12. The van der Waals surface area contributed by atoms with Crippen LogP contribution >= 0.6 is 0 Å². The van der Waals surface area contributed by atoms with Crippen molar-refractivity contribution in [1.29, 1.82) is 0 Å². The minimum Gasteiger partial charge on any atom is -0.481 e. The van der Waals surface area contributed by atoms with Crippen molar-refractivity contribution < 1.29 is 24.2 Å². The molecule has 0 aliphatic carbocycles. The van der Waals surface area contributed by atoms with Crippen LogP contribution in [-0.4, -0.2) is 60.4 Å². The molecule has 0 bridgehead atoms. The number of carboxylic acids is 1. The van der Waals surface area contributed by atoms with E-state index < -0.39 is 17.5 Å². The average Bonchev–Trinajstić information content (AvgIpc) is 2.52. The second-order valence-corrected chi connectivity index (χ2v) is 6.69. The highest BCUT2D eigenvalue weighted by Gasteiger charge is 2.40. The normalized spacial score (nSPS) is 30.8. The predicted octanol–water partition coefficient (Wildman–Crippen LogP) is 1.67. The van der Waals surface area contributed by atoms with Crippen LogP contribution in [0.3, 0.4) is 0 Å². The maximum absolute atomic E-state index is 12.4. The molecule has 0 radical (unpaired) electrons. The number of piperidine rings is 1. The minimum absolute atomic E-state index is 0.0784. The first-order chi connectivity index (χ1) is 10.4. The molecule has 6 nitrogen and oxygen atoms in total. The molecular weight excluding hydrogens is 286 g/mol. The van der Waals surface area contributed by atoms with Crippen molar-refractivity contribution in [3.63, 3.8) is 0 Å². The Morgan fingerprint density at radius 1 is 1.41 bits per heavy atom. The number of nitrogens with zero attached hydrogens (tertiary/aromatic N) is 1. The van der Waals surface area contributed by atoms with Gasteiger partial charge in [0.25, 0.3) is 5.91 Å². The summed E-state index contributed by atoms with van der Waals surface area (Å²) in [4.78, 5) is 25.4. The smallest absolute Gasteiger partial charge is 0.311 e. The number of amides is 1. The van der Waals surface area contributed by atoms with Crippen molar-refractivity contribution in [2.45, 2.75) is 58.2 Å². The number of rotatable bonds is 5. The first kappa shape index (κ1) is 17.2. The molecule has 0 aromatic heterocycles. The molecule has 2 rings (SSSR count). The molecule has 126 valence electrons. The van der Waals surface area contributed by atoms with Gasteiger partial charge in [0.15, 0.2) is 0 Å². The van der Waals surface area contributed by atoms with Crippen molar-refractivity contribution in [2.24, 2.45) is 5.41 Å². The summed E-state index contributed by atoms with van der Waals surface area (Å²) in [6.07, 6.45) is 4.05. The van der Waals surface area contributed by atoms with Crippen molar-refractivity contribution in [3.05, 3.63) is 0 Å². The standard InChI is InChI=1S/C16H27NO5/c1-12(22-10-13-6-3-4-9-21-13)14(18)17-8-5-7-16(2,11-17)15(19)20/h12-13H,3-11H2,1-2H3,(H,19,20). The zero-order chi connectivity index (χ0) is 16.2. The van der Waals surface area contributed by atoms with Crippen LogP contribution in [0.25, 0.3) is 0 Å². The van der Waals surface area contributed by atoms with Crippen LogP contribution in [0.2, 0.25) is 0 Å². The second kappa shape index (κ2) is 7.42. The van der Waals surface area contributed by atoms with Gasteiger partial charge in [-0.15, -0.1) is 0 Å². The number of aliphatic carboxylic acids is 1. The topological polar surface area (TPSA) is 76.1 Å². The van der Waals surface area contributed by atoms with Gasteiger partial charge in [0.05, 0.1) is 18.1 Å². The first-order valence-corrected chi connectivity index (χ1v) is 8.18. The molecule has 2 saturated heterocycles. The summed E-state index contributed by atoms with van der Waals surface area (Å²) in [6, 6.07) is 0. The van der Waals surface area contributed by atoms with E-state index in [0.717, 1.165) is 25.9 Å². The van der Waals surface area contributed by atoms with E-state index in [2.05, 4.69) is 0 Å². The molecule has 1 N–H and O–H groups in total. The highest BCUT2D eigenvalue weighted by atomic mass is 16.5. The van der Waals surface area contributed by atoms with Gasteiger partial charge >= 0.3 is 5.97 Å². The summed E-state index contributed by atoms with van der Waals surface area (Å²) < 4.78 is 11.3. The van der Waals surface area contributed by atoms with Crippen LogP contribution < -0.4 is 0 Å².